The summed E-state index contributed by atoms with van der Waals surface area (Å²) >= 11 is 0. The zero-order valence-corrected chi connectivity index (χ0v) is 11.2. The number of hydrogen-bond donors (Lipinski definition) is 2. The highest BCUT2D eigenvalue weighted by atomic mass is 19.1. The minimum absolute atomic E-state index is 0.0652. The third kappa shape index (κ3) is 3.65. The molecule has 0 radical (unpaired) electrons. The van der Waals surface area contributed by atoms with Crippen LogP contribution in [0.1, 0.15) is 24.4 Å². The Morgan fingerprint density at radius 2 is 2.42 bits per heavy atom. The van der Waals surface area contributed by atoms with Gasteiger partial charge in [0.1, 0.15) is 0 Å². The number of hydrogen-bond acceptors (Lipinski definition) is 4. The summed E-state index contributed by atoms with van der Waals surface area (Å²) in [6, 6.07) is 4.87. The van der Waals surface area contributed by atoms with Crippen LogP contribution in [0.2, 0.25) is 0 Å². The average Bonchev–Trinajstić information content (AvgIpc) is 2.93. The minimum Gasteiger partial charge on any atom is -0.494 e. The van der Waals surface area contributed by atoms with Gasteiger partial charge in [0.25, 0.3) is 0 Å². The van der Waals surface area contributed by atoms with E-state index in [1.165, 1.54) is 13.2 Å². The maximum absolute atomic E-state index is 13.7. The summed E-state index contributed by atoms with van der Waals surface area (Å²) < 4.78 is 24.1. The normalized spacial score (nSPS) is 20.5. The van der Waals surface area contributed by atoms with Crippen molar-refractivity contribution in [1.29, 1.82) is 0 Å². The molecule has 3 N–H and O–H groups in total. The van der Waals surface area contributed by atoms with Gasteiger partial charge in [-0.25, -0.2) is 4.39 Å². The Balaban J connectivity index is 1.97. The van der Waals surface area contributed by atoms with Crippen LogP contribution in [0.4, 0.5) is 4.39 Å². The van der Waals surface area contributed by atoms with E-state index in [1.807, 2.05) is 6.07 Å². The van der Waals surface area contributed by atoms with Gasteiger partial charge >= 0.3 is 0 Å². The summed E-state index contributed by atoms with van der Waals surface area (Å²) in [7, 11) is 1.45. The summed E-state index contributed by atoms with van der Waals surface area (Å²) in [5.74, 6) is -0.115. The second kappa shape index (κ2) is 6.84. The lowest BCUT2D eigenvalue weighted by Gasteiger charge is -2.20. The Bertz CT molecular complexity index is 408. The van der Waals surface area contributed by atoms with Crippen LogP contribution in [0.3, 0.4) is 0 Å². The lowest BCUT2D eigenvalue weighted by atomic mass is 10.1. The van der Waals surface area contributed by atoms with Crippen molar-refractivity contribution in [3.05, 3.63) is 29.6 Å². The zero-order valence-electron chi connectivity index (χ0n) is 11.2. The second-order valence-electron chi connectivity index (χ2n) is 4.73. The van der Waals surface area contributed by atoms with Crippen LogP contribution in [0.5, 0.6) is 5.75 Å². The Kier molecular flexibility index (Phi) is 5.13. The van der Waals surface area contributed by atoms with E-state index in [-0.39, 0.29) is 23.7 Å². The van der Waals surface area contributed by atoms with Crippen LogP contribution < -0.4 is 15.8 Å². The summed E-state index contributed by atoms with van der Waals surface area (Å²) in [5, 5.41) is 3.33. The van der Waals surface area contributed by atoms with Crippen molar-refractivity contribution in [2.75, 3.05) is 26.8 Å². The first-order chi connectivity index (χ1) is 9.24. The number of methoxy groups -OCH3 is 1. The Morgan fingerprint density at radius 1 is 1.58 bits per heavy atom. The molecule has 1 saturated heterocycles. The number of nitrogens with one attached hydrogen (secondary N) is 1. The largest absolute Gasteiger partial charge is 0.494 e. The topological polar surface area (TPSA) is 56.5 Å². The molecule has 2 rings (SSSR count). The lowest BCUT2D eigenvalue weighted by molar-refractivity contribution is 0.107. The summed E-state index contributed by atoms with van der Waals surface area (Å²) in [4.78, 5) is 0. The monoisotopic (exact) mass is 268 g/mol. The van der Waals surface area contributed by atoms with Gasteiger partial charge in [0, 0.05) is 25.7 Å². The third-order valence-electron chi connectivity index (χ3n) is 3.43. The first-order valence-electron chi connectivity index (χ1n) is 6.63. The molecule has 1 heterocycles. The Hall–Kier alpha value is -1.17. The number of rotatable bonds is 6. The fraction of sp³-hybridized carbons (Fsp3) is 0.571. The molecule has 4 nitrogen and oxygen atoms in total. The molecular formula is C14H21FN2O2. The van der Waals surface area contributed by atoms with Crippen molar-refractivity contribution < 1.29 is 13.9 Å². The molecule has 2 unspecified atom stereocenters. The average molecular weight is 268 g/mol. The molecule has 0 bridgehead atoms. The minimum atomic E-state index is -0.364. The van der Waals surface area contributed by atoms with Gasteiger partial charge < -0.3 is 20.5 Å². The number of ether oxygens (including phenoxy) is 2. The van der Waals surface area contributed by atoms with Crippen molar-refractivity contribution >= 4 is 0 Å². The van der Waals surface area contributed by atoms with Gasteiger partial charge in [-0.05, 0) is 30.5 Å². The first-order valence-corrected chi connectivity index (χ1v) is 6.63. The number of nitrogens with two attached hydrogens (primary N) is 1. The van der Waals surface area contributed by atoms with Crippen LogP contribution >= 0.6 is 0 Å². The van der Waals surface area contributed by atoms with Crippen molar-refractivity contribution in [3.8, 4) is 5.75 Å². The van der Waals surface area contributed by atoms with E-state index in [0.717, 1.165) is 31.6 Å². The quantitative estimate of drug-likeness (QED) is 0.823. The molecule has 0 aromatic heterocycles. The van der Waals surface area contributed by atoms with Gasteiger partial charge in [0.05, 0.1) is 13.2 Å². The molecule has 1 fully saturated rings. The summed E-state index contributed by atoms with van der Waals surface area (Å²) in [5.41, 5.74) is 6.59. The van der Waals surface area contributed by atoms with E-state index < -0.39 is 0 Å². The molecular weight excluding hydrogens is 247 g/mol. The molecule has 0 spiro atoms. The van der Waals surface area contributed by atoms with Gasteiger partial charge in [0.2, 0.25) is 0 Å². The van der Waals surface area contributed by atoms with Crippen LogP contribution in [0.15, 0.2) is 18.2 Å². The smallest absolute Gasteiger partial charge is 0.165 e. The SMILES string of the molecule is COc1ccc(C(CN)NCC2CCCO2)cc1F. The highest BCUT2D eigenvalue weighted by Gasteiger charge is 2.18. The van der Waals surface area contributed by atoms with Crippen molar-refractivity contribution in [1.82, 2.24) is 5.32 Å². The molecule has 2 atom stereocenters. The van der Waals surface area contributed by atoms with Gasteiger partial charge in [-0.2, -0.15) is 0 Å². The number of halogens is 1. The predicted molar refractivity (Wildman–Crippen MR) is 71.7 cm³/mol. The van der Waals surface area contributed by atoms with E-state index >= 15 is 0 Å². The van der Waals surface area contributed by atoms with Crippen molar-refractivity contribution in [2.45, 2.75) is 25.0 Å². The van der Waals surface area contributed by atoms with Gasteiger partial charge in [-0.3, -0.25) is 0 Å². The Labute approximate surface area is 113 Å². The summed E-state index contributed by atoms with van der Waals surface area (Å²) in [6.07, 6.45) is 2.43. The van der Waals surface area contributed by atoms with E-state index in [2.05, 4.69) is 5.32 Å². The molecule has 0 saturated carbocycles. The van der Waals surface area contributed by atoms with Crippen LogP contribution in [-0.2, 0) is 4.74 Å². The van der Waals surface area contributed by atoms with E-state index in [0.29, 0.717) is 6.54 Å². The second-order valence-corrected chi connectivity index (χ2v) is 4.73. The standard InChI is InChI=1S/C14H21FN2O2/c1-18-14-5-4-10(7-12(14)15)13(8-16)17-9-11-3-2-6-19-11/h4-5,7,11,13,17H,2-3,6,8-9,16H2,1H3. The molecule has 0 aliphatic carbocycles. The molecule has 1 aromatic carbocycles. The van der Waals surface area contributed by atoms with Crippen LogP contribution in [0.25, 0.3) is 0 Å². The van der Waals surface area contributed by atoms with Crippen LogP contribution in [-0.4, -0.2) is 32.9 Å². The van der Waals surface area contributed by atoms with Gasteiger partial charge in [0.15, 0.2) is 11.6 Å². The van der Waals surface area contributed by atoms with Crippen molar-refractivity contribution in [2.24, 2.45) is 5.73 Å². The Morgan fingerprint density at radius 3 is 3.00 bits per heavy atom. The fourth-order valence-corrected chi connectivity index (χ4v) is 2.32. The van der Waals surface area contributed by atoms with Crippen molar-refractivity contribution in [3.63, 3.8) is 0 Å². The molecule has 5 heteroatoms. The predicted octanol–water partition coefficient (Wildman–Crippen LogP) is 1.60. The van der Waals surface area contributed by atoms with E-state index in [1.54, 1.807) is 6.07 Å². The summed E-state index contributed by atoms with van der Waals surface area (Å²) in [6.45, 7) is 1.99. The molecule has 0 amide bonds. The van der Waals surface area contributed by atoms with Gasteiger partial charge in [-0.15, -0.1) is 0 Å². The fourth-order valence-electron chi connectivity index (χ4n) is 2.32. The molecule has 1 aromatic rings. The zero-order chi connectivity index (χ0) is 13.7. The highest BCUT2D eigenvalue weighted by Crippen LogP contribution is 2.22. The first kappa shape index (κ1) is 14.2. The lowest BCUT2D eigenvalue weighted by Crippen LogP contribution is -2.34. The molecule has 19 heavy (non-hydrogen) atoms. The highest BCUT2D eigenvalue weighted by molar-refractivity contribution is 5.31. The van der Waals surface area contributed by atoms with E-state index in [9.17, 15) is 4.39 Å². The molecule has 106 valence electrons. The maximum Gasteiger partial charge on any atom is 0.165 e. The van der Waals surface area contributed by atoms with Gasteiger partial charge in [-0.1, -0.05) is 6.07 Å². The van der Waals surface area contributed by atoms with E-state index in [4.69, 9.17) is 15.2 Å². The third-order valence-corrected chi connectivity index (χ3v) is 3.43. The molecule has 1 aliphatic heterocycles. The number of benzene rings is 1. The molecule has 1 aliphatic rings. The van der Waals surface area contributed by atoms with Crippen LogP contribution in [0, 0.1) is 5.82 Å². The maximum atomic E-state index is 13.7.